The summed E-state index contributed by atoms with van der Waals surface area (Å²) in [5, 5.41) is 2.81. The van der Waals surface area contributed by atoms with Crippen molar-refractivity contribution >= 4 is 17.5 Å². The van der Waals surface area contributed by atoms with Crippen LogP contribution >= 0.6 is 0 Å². The van der Waals surface area contributed by atoms with Crippen molar-refractivity contribution in [1.82, 2.24) is 4.90 Å². The van der Waals surface area contributed by atoms with Gasteiger partial charge in [0.15, 0.2) is 0 Å². The molecule has 0 atom stereocenters. The molecule has 0 heterocycles. The fraction of sp³-hybridized carbons (Fsp3) is 0.300. The first-order valence-electron chi connectivity index (χ1n) is 8.31. The standard InChI is InChI=1S/C20H24N2O3/c1-4-25-19-10-8-18(9-11-19)21-20(24)14-22(16(3)23)13-17-7-5-6-15(2)12-17/h5-12H,4,13-14H2,1-3H3,(H,21,24). The van der Waals surface area contributed by atoms with E-state index in [0.717, 1.165) is 16.9 Å². The zero-order chi connectivity index (χ0) is 18.2. The van der Waals surface area contributed by atoms with Gasteiger partial charge in [0.25, 0.3) is 0 Å². The first-order chi connectivity index (χ1) is 12.0. The van der Waals surface area contributed by atoms with E-state index in [4.69, 9.17) is 4.74 Å². The van der Waals surface area contributed by atoms with E-state index in [2.05, 4.69) is 5.32 Å². The van der Waals surface area contributed by atoms with Gasteiger partial charge in [-0.05, 0) is 43.7 Å². The Morgan fingerprint density at radius 1 is 1.12 bits per heavy atom. The lowest BCUT2D eigenvalue weighted by Gasteiger charge is -2.21. The Kier molecular flexibility index (Phi) is 6.57. The summed E-state index contributed by atoms with van der Waals surface area (Å²) in [5.41, 5.74) is 2.80. The molecule has 0 spiro atoms. The quantitative estimate of drug-likeness (QED) is 0.840. The summed E-state index contributed by atoms with van der Waals surface area (Å²) in [7, 11) is 0. The van der Waals surface area contributed by atoms with Crippen LogP contribution in [0, 0.1) is 6.92 Å². The molecule has 2 aromatic carbocycles. The molecule has 0 saturated carbocycles. The molecule has 0 radical (unpaired) electrons. The minimum atomic E-state index is -0.230. The van der Waals surface area contributed by atoms with E-state index < -0.39 is 0 Å². The molecule has 0 aliphatic rings. The van der Waals surface area contributed by atoms with Crippen molar-refractivity contribution in [3.63, 3.8) is 0 Å². The van der Waals surface area contributed by atoms with E-state index in [1.54, 1.807) is 24.3 Å². The Morgan fingerprint density at radius 3 is 2.44 bits per heavy atom. The van der Waals surface area contributed by atoms with Gasteiger partial charge in [-0.2, -0.15) is 0 Å². The van der Waals surface area contributed by atoms with Crippen molar-refractivity contribution in [2.45, 2.75) is 27.3 Å². The van der Waals surface area contributed by atoms with E-state index >= 15 is 0 Å². The third kappa shape index (κ3) is 5.95. The topological polar surface area (TPSA) is 58.6 Å². The van der Waals surface area contributed by atoms with Crippen molar-refractivity contribution < 1.29 is 14.3 Å². The SMILES string of the molecule is CCOc1ccc(NC(=O)CN(Cc2cccc(C)c2)C(C)=O)cc1. The van der Waals surface area contributed by atoms with Gasteiger partial charge >= 0.3 is 0 Å². The van der Waals surface area contributed by atoms with Gasteiger partial charge in [0.2, 0.25) is 11.8 Å². The predicted molar refractivity (Wildman–Crippen MR) is 98.5 cm³/mol. The van der Waals surface area contributed by atoms with E-state index in [9.17, 15) is 9.59 Å². The smallest absolute Gasteiger partial charge is 0.244 e. The molecule has 0 unspecified atom stereocenters. The van der Waals surface area contributed by atoms with Crippen molar-refractivity contribution in [3.8, 4) is 5.75 Å². The normalized spacial score (nSPS) is 10.2. The van der Waals surface area contributed by atoms with E-state index in [0.29, 0.717) is 18.8 Å². The van der Waals surface area contributed by atoms with E-state index in [1.165, 1.54) is 11.8 Å². The molecule has 0 bridgehead atoms. The van der Waals surface area contributed by atoms with Crippen molar-refractivity contribution in [1.29, 1.82) is 0 Å². The molecule has 0 aliphatic carbocycles. The van der Waals surface area contributed by atoms with Crippen LogP contribution in [0.15, 0.2) is 48.5 Å². The Labute approximate surface area is 148 Å². The highest BCUT2D eigenvalue weighted by Gasteiger charge is 2.14. The highest BCUT2D eigenvalue weighted by molar-refractivity contribution is 5.94. The first kappa shape index (κ1) is 18.5. The highest BCUT2D eigenvalue weighted by atomic mass is 16.5. The van der Waals surface area contributed by atoms with Gasteiger partial charge in [-0.3, -0.25) is 9.59 Å². The minimum absolute atomic E-state index is 0.0104. The highest BCUT2D eigenvalue weighted by Crippen LogP contribution is 2.16. The molecular formula is C20H24N2O3. The fourth-order valence-electron chi connectivity index (χ4n) is 2.48. The molecule has 2 amide bonds. The van der Waals surface area contributed by atoms with E-state index in [-0.39, 0.29) is 18.4 Å². The maximum absolute atomic E-state index is 12.3. The number of anilines is 1. The molecule has 0 saturated heterocycles. The molecule has 132 valence electrons. The number of benzene rings is 2. The molecule has 2 rings (SSSR count). The average molecular weight is 340 g/mol. The van der Waals surface area contributed by atoms with Crippen LogP contribution in [0.1, 0.15) is 25.0 Å². The number of nitrogens with zero attached hydrogens (tertiary/aromatic N) is 1. The van der Waals surface area contributed by atoms with Gasteiger partial charge in [0.1, 0.15) is 12.3 Å². The lowest BCUT2D eigenvalue weighted by Crippen LogP contribution is -2.36. The average Bonchev–Trinajstić information content (AvgIpc) is 2.56. The summed E-state index contributed by atoms with van der Waals surface area (Å²) >= 11 is 0. The monoisotopic (exact) mass is 340 g/mol. The summed E-state index contributed by atoms with van der Waals surface area (Å²) in [6.45, 7) is 6.41. The number of carbonyl (C=O) groups excluding carboxylic acids is 2. The molecule has 0 aliphatic heterocycles. The number of hydrogen-bond acceptors (Lipinski definition) is 3. The fourth-order valence-corrected chi connectivity index (χ4v) is 2.48. The predicted octanol–water partition coefficient (Wildman–Crippen LogP) is 3.38. The molecule has 25 heavy (non-hydrogen) atoms. The van der Waals surface area contributed by atoms with E-state index in [1.807, 2.05) is 38.1 Å². The minimum Gasteiger partial charge on any atom is -0.494 e. The number of amides is 2. The molecule has 0 fully saturated rings. The van der Waals surface area contributed by atoms with Crippen LogP contribution in [0.5, 0.6) is 5.75 Å². The third-order valence-corrected chi connectivity index (χ3v) is 3.68. The molecule has 1 N–H and O–H groups in total. The van der Waals surface area contributed by atoms with Gasteiger partial charge in [0, 0.05) is 19.2 Å². The lowest BCUT2D eigenvalue weighted by molar-refractivity contribution is -0.133. The number of rotatable bonds is 7. The van der Waals surface area contributed by atoms with Gasteiger partial charge in [-0.1, -0.05) is 29.8 Å². The summed E-state index contributed by atoms with van der Waals surface area (Å²) in [6.07, 6.45) is 0. The zero-order valence-corrected chi connectivity index (χ0v) is 14.9. The Hall–Kier alpha value is -2.82. The molecular weight excluding hydrogens is 316 g/mol. The first-order valence-corrected chi connectivity index (χ1v) is 8.31. The Bertz CT molecular complexity index is 726. The maximum atomic E-state index is 12.3. The van der Waals surface area contributed by atoms with Crippen molar-refractivity contribution in [3.05, 3.63) is 59.7 Å². The van der Waals surface area contributed by atoms with Gasteiger partial charge in [0.05, 0.1) is 6.61 Å². The van der Waals surface area contributed by atoms with Crippen LogP contribution in [0.4, 0.5) is 5.69 Å². The van der Waals surface area contributed by atoms with Crippen molar-refractivity contribution in [2.24, 2.45) is 0 Å². The largest absolute Gasteiger partial charge is 0.494 e. The second-order valence-electron chi connectivity index (χ2n) is 5.87. The molecule has 0 aromatic heterocycles. The maximum Gasteiger partial charge on any atom is 0.244 e. The second-order valence-corrected chi connectivity index (χ2v) is 5.87. The summed E-state index contributed by atoms with van der Waals surface area (Å²) < 4.78 is 5.37. The number of aryl methyl sites for hydroxylation is 1. The number of hydrogen-bond donors (Lipinski definition) is 1. The summed E-state index contributed by atoms with van der Waals surface area (Å²) in [6, 6.07) is 15.1. The van der Waals surface area contributed by atoms with Gasteiger partial charge in [-0.25, -0.2) is 0 Å². The molecule has 5 nitrogen and oxygen atoms in total. The Morgan fingerprint density at radius 2 is 1.84 bits per heavy atom. The summed E-state index contributed by atoms with van der Waals surface area (Å²) in [4.78, 5) is 25.7. The zero-order valence-electron chi connectivity index (χ0n) is 14.9. The molecule has 5 heteroatoms. The van der Waals surface area contributed by atoms with Gasteiger partial charge in [-0.15, -0.1) is 0 Å². The third-order valence-electron chi connectivity index (χ3n) is 3.68. The van der Waals surface area contributed by atoms with Gasteiger partial charge < -0.3 is 15.0 Å². The van der Waals surface area contributed by atoms with Crippen LogP contribution < -0.4 is 10.1 Å². The summed E-state index contributed by atoms with van der Waals surface area (Å²) in [5.74, 6) is 0.390. The number of ether oxygens (including phenoxy) is 1. The van der Waals surface area contributed by atoms with Crippen LogP contribution in [0.2, 0.25) is 0 Å². The Balaban J connectivity index is 1.96. The number of nitrogens with one attached hydrogen (secondary N) is 1. The van der Waals surface area contributed by atoms with Crippen LogP contribution in [0.3, 0.4) is 0 Å². The van der Waals surface area contributed by atoms with Crippen LogP contribution in [0.25, 0.3) is 0 Å². The van der Waals surface area contributed by atoms with Crippen LogP contribution in [-0.4, -0.2) is 29.9 Å². The molecule has 2 aromatic rings. The van der Waals surface area contributed by atoms with Crippen LogP contribution in [-0.2, 0) is 16.1 Å². The van der Waals surface area contributed by atoms with Crippen molar-refractivity contribution in [2.75, 3.05) is 18.5 Å². The lowest BCUT2D eigenvalue weighted by atomic mass is 10.1. The number of carbonyl (C=O) groups is 2. The second kappa shape index (κ2) is 8.87.